The Labute approximate surface area is 159 Å². The SMILES string of the molecule is CC(C)OC1=Cc2c(-c3ccnc(N4C5CCC4COC5)c3)n[nH]c2CC1. The first-order chi connectivity index (χ1) is 13.2. The first-order valence-electron chi connectivity index (χ1n) is 9.96. The van der Waals surface area contributed by atoms with Crippen molar-refractivity contribution < 1.29 is 9.47 Å². The van der Waals surface area contributed by atoms with Gasteiger partial charge in [-0.05, 0) is 51.3 Å². The molecule has 0 radical (unpaired) electrons. The third-order valence-corrected chi connectivity index (χ3v) is 5.72. The number of fused-ring (bicyclic) bond motifs is 3. The number of nitrogens with zero attached hydrogens (tertiary/aromatic N) is 3. The lowest BCUT2D eigenvalue weighted by atomic mass is 9.98. The minimum atomic E-state index is 0.192. The van der Waals surface area contributed by atoms with Crippen LogP contribution in [0.5, 0.6) is 0 Å². The minimum absolute atomic E-state index is 0.192. The second-order valence-electron chi connectivity index (χ2n) is 7.97. The Kier molecular flexibility index (Phi) is 4.16. The smallest absolute Gasteiger partial charge is 0.129 e. The predicted molar refractivity (Wildman–Crippen MR) is 104 cm³/mol. The van der Waals surface area contributed by atoms with Crippen molar-refractivity contribution in [2.75, 3.05) is 18.1 Å². The number of aryl methyl sites for hydroxylation is 1. The number of morpholine rings is 1. The lowest BCUT2D eigenvalue weighted by Crippen LogP contribution is -2.46. The second kappa shape index (κ2) is 6.68. The molecule has 2 bridgehead atoms. The molecule has 3 aliphatic rings. The van der Waals surface area contributed by atoms with Gasteiger partial charge in [-0.2, -0.15) is 5.10 Å². The lowest BCUT2D eigenvalue weighted by molar-refractivity contribution is 0.0902. The highest BCUT2D eigenvalue weighted by molar-refractivity contribution is 5.76. The first kappa shape index (κ1) is 16.8. The predicted octanol–water partition coefficient (Wildman–Crippen LogP) is 3.55. The van der Waals surface area contributed by atoms with Crippen LogP contribution >= 0.6 is 0 Å². The summed E-state index contributed by atoms with van der Waals surface area (Å²) in [5.74, 6) is 2.08. The molecule has 2 aliphatic heterocycles. The summed E-state index contributed by atoms with van der Waals surface area (Å²) in [6.07, 6.45) is 8.48. The highest BCUT2D eigenvalue weighted by atomic mass is 16.5. The summed E-state index contributed by atoms with van der Waals surface area (Å²) in [5, 5.41) is 7.85. The van der Waals surface area contributed by atoms with Gasteiger partial charge in [0, 0.05) is 29.4 Å². The van der Waals surface area contributed by atoms with E-state index >= 15 is 0 Å². The van der Waals surface area contributed by atoms with E-state index in [0.717, 1.165) is 54.5 Å². The molecule has 142 valence electrons. The van der Waals surface area contributed by atoms with E-state index in [4.69, 9.17) is 9.47 Å². The molecular formula is C21H26N4O2. The third kappa shape index (κ3) is 3.02. The molecule has 2 fully saturated rings. The van der Waals surface area contributed by atoms with Gasteiger partial charge >= 0.3 is 0 Å². The van der Waals surface area contributed by atoms with E-state index in [-0.39, 0.29) is 6.10 Å². The summed E-state index contributed by atoms with van der Waals surface area (Å²) in [6, 6.07) is 5.13. The van der Waals surface area contributed by atoms with Crippen LogP contribution in [-0.2, 0) is 15.9 Å². The van der Waals surface area contributed by atoms with Gasteiger partial charge < -0.3 is 14.4 Å². The minimum Gasteiger partial charge on any atom is -0.495 e. The molecule has 2 aromatic rings. The third-order valence-electron chi connectivity index (χ3n) is 5.72. The fourth-order valence-corrected chi connectivity index (χ4v) is 4.54. The number of allylic oxidation sites excluding steroid dienone is 1. The van der Waals surface area contributed by atoms with Gasteiger partial charge in [0.2, 0.25) is 0 Å². The summed E-state index contributed by atoms with van der Waals surface area (Å²) in [6.45, 7) is 5.74. The number of pyridine rings is 1. The van der Waals surface area contributed by atoms with Crippen molar-refractivity contribution in [3.63, 3.8) is 0 Å². The number of nitrogens with one attached hydrogen (secondary N) is 1. The molecule has 6 heteroatoms. The van der Waals surface area contributed by atoms with Crippen molar-refractivity contribution >= 4 is 11.9 Å². The Morgan fingerprint density at radius 2 is 2.04 bits per heavy atom. The number of anilines is 1. The van der Waals surface area contributed by atoms with Crippen LogP contribution in [-0.4, -0.2) is 46.6 Å². The Morgan fingerprint density at radius 3 is 2.81 bits per heavy atom. The van der Waals surface area contributed by atoms with E-state index in [1.807, 2.05) is 12.3 Å². The van der Waals surface area contributed by atoms with Crippen molar-refractivity contribution in [1.29, 1.82) is 0 Å². The van der Waals surface area contributed by atoms with Crippen molar-refractivity contribution in [1.82, 2.24) is 15.2 Å². The number of rotatable bonds is 4. The van der Waals surface area contributed by atoms with Crippen LogP contribution in [0.25, 0.3) is 17.3 Å². The van der Waals surface area contributed by atoms with Crippen LogP contribution in [0.2, 0.25) is 0 Å². The van der Waals surface area contributed by atoms with E-state index in [2.05, 4.69) is 46.1 Å². The first-order valence-corrected chi connectivity index (χ1v) is 9.96. The van der Waals surface area contributed by atoms with Crippen molar-refractivity contribution in [2.24, 2.45) is 0 Å². The van der Waals surface area contributed by atoms with E-state index in [1.54, 1.807) is 0 Å². The fourth-order valence-electron chi connectivity index (χ4n) is 4.54. The van der Waals surface area contributed by atoms with Gasteiger partial charge in [0.15, 0.2) is 0 Å². The number of hydrogen-bond donors (Lipinski definition) is 1. The largest absolute Gasteiger partial charge is 0.495 e. The topological polar surface area (TPSA) is 63.3 Å². The molecule has 2 aromatic heterocycles. The Balaban J connectivity index is 1.49. The average Bonchev–Trinajstić information content (AvgIpc) is 3.19. The summed E-state index contributed by atoms with van der Waals surface area (Å²) < 4.78 is 11.7. The summed E-state index contributed by atoms with van der Waals surface area (Å²) >= 11 is 0. The lowest BCUT2D eigenvalue weighted by Gasteiger charge is -2.35. The number of hydrogen-bond acceptors (Lipinski definition) is 5. The van der Waals surface area contributed by atoms with Gasteiger partial charge in [-0.25, -0.2) is 4.98 Å². The molecule has 4 heterocycles. The van der Waals surface area contributed by atoms with E-state index in [1.165, 1.54) is 18.5 Å². The second-order valence-corrected chi connectivity index (χ2v) is 7.97. The normalized spacial score (nSPS) is 24.1. The van der Waals surface area contributed by atoms with E-state index in [9.17, 15) is 0 Å². The Hall–Kier alpha value is -2.34. The van der Waals surface area contributed by atoms with Gasteiger partial charge in [-0.15, -0.1) is 0 Å². The molecule has 27 heavy (non-hydrogen) atoms. The van der Waals surface area contributed by atoms with E-state index < -0.39 is 0 Å². The van der Waals surface area contributed by atoms with Crippen LogP contribution in [0, 0.1) is 0 Å². The van der Waals surface area contributed by atoms with Crippen LogP contribution in [0.15, 0.2) is 24.1 Å². The summed E-state index contributed by atoms with van der Waals surface area (Å²) in [4.78, 5) is 7.13. The molecule has 5 rings (SSSR count). The van der Waals surface area contributed by atoms with Crippen molar-refractivity contribution in [3.05, 3.63) is 35.3 Å². The zero-order valence-electron chi connectivity index (χ0n) is 15.9. The molecule has 2 saturated heterocycles. The number of ether oxygens (including phenoxy) is 2. The molecule has 0 amide bonds. The van der Waals surface area contributed by atoms with Crippen molar-refractivity contribution in [3.8, 4) is 11.3 Å². The Bertz CT molecular complexity index is 857. The molecule has 2 atom stereocenters. The standard InChI is InChI=1S/C21H26N4O2/c1-13(2)27-17-5-6-19-18(10-17)21(24-23-19)14-7-8-22-20(9-14)25-15-3-4-16(25)12-26-11-15/h7-10,13,15-16H,3-6,11-12H2,1-2H3,(H,23,24). The maximum atomic E-state index is 5.95. The van der Waals surface area contributed by atoms with Crippen LogP contribution in [0.4, 0.5) is 5.82 Å². The van der Waals surface area contributed by atoms with Gasteiger partial charge in [0.05, 0.1) is 42.9 Å². The number of H-pyrrole nitrogens is 1. The van der Waals surface area contributed by atoms with Gasteiger partial charge in [0.25, 0.3) is 0 Å². The molecule has 0 saturated carbocycles. The quantitative estimate of drug-likeness (QED) is 0.896. The van der Waals surface area contributed by atoms with Crippen LogP contribution in [0.1, 0.15) is 44.4 Å². The van der Waals surface area contributed by atoms with Crippen LogP contribution < -0.4 is 4.90 Å². The average molecular weight is 366 g/mol. The van der Waals surface area contributed by atoms with Crippen LogP contribution in [0.3, 0.4) is 0 Å². The molecule has 6 nitrogen and oxygen atoms in total. The highest BCUT2D eigenvalue weighted by Crippen LogP contribution is 2.36. The number of aromatic nitrogens is 3. The maximum absolute atomic E-state index is 5.95. The van der Waals surface area contributed by atoms with Gasteiger partial charge in [-0.1, -0.05) is 0 Å². The van der Waals surface area contributed by atoms with E-state index in [0.29, 0.717) is 12.1 Å². The molecule has 1 N–H and O–H groups in total. The van der Waals surface area contributed by atoms with Gasteiger partial charge in [0.1, 0.15) is 5.82 Å². The molecular weight excluding hydrogens is 340 g/mol. The molecule has 0 aromatic carbocycles. The number of aromatic amines is 1. The zero-order chi connectivity index (χ0) is 18.4. The molecule has 1 aliphatic carbocycles. The molecule has 0 spiro atoms. The zero-order valence-corrected chi connectivity index (χ0v) is 15.9. The fraction of sp³-hybridized carbons (Fsp3) is 0.524. The van der Waals surface area contributed by atoms with Gasteiger partial charge in [-0.3, -0.25) is 5.10 Å². The summed E-state index contributed by atoms with van der Waals surface area (Å²) in [7, 11) is 0. The Morgan fingerprint density at radius 1 is 1.22 bits per heavy atom. The maximum Gasteiger partial charge on any atom is 0.129 e. The molecule has 2 unspecified atom stereocenters. The highest BCUT2D eigenvalue weighted by Gasteiger charge is 2.38. The monoisotopic (exact) mass is 366 g/mol. The van der Waals surface area contributed by atoms with Crippen molar-refractivity contribution in [2.45, 2.75) is 57.7 Å². The summed E-state index contributed by atoms with van der Waals surface area (Å²) in [5.41, 5.74) is 4.43.